The van der Waals surface area contributed by atoms with Gasteiger partial charge < -0.3 is 20.3 Å². The van der Waals surface area contributed by atoms with E-state index in [4.69, 9.17) is 0 Å². The van der Waals surface area contributed by atoms with Crippen molar-refractivity contribution in [1.82, 2.24) is 14.9 Å². The molecule has 4 aromatic rings. The molecule has 1 heterocycles. The zero-order chi connectivity index (χ0) is 26.2. The van der Waals surface area contributed by atoms with Crippen molar-refractivity contribution in [3.8, 4) is 0 Å². The molecule has 6 nitrogen and oxygen atoms in total. The Bertz CT molecular complexity index is 1330. The fraction of sp³-hybridized carbons (Fsp3) is 0.214. The van der Waals surface area contributed by atoms with Crippen molar-refractivity contribution in [3.05, 3.63) is 119 Å². The van der Waals surface area contributed by atoms with E-state index < -0.39 is 29.1 Å². The summed E-state index contributed by atoms with van der Waals surface area (Å²) in [6, 6.07) is 19.7. The fourth-order valence-corrected chi connectivity index (χ4v) is 3.91. The minimum Gasteiger partial charge on any atom is -0.387 e. The number of aliphatic hydroxyl groups excluding tert-OH is 1. The predicted octanol–water partition coefficient (Wildman–Crippen LogP) is 4.40. The molecule has 0 unspecified atom stereocenters. The van der Waals surface area contributed by atoms with E-state index in [0.717, 1.165) is 17.7 Å². The van der Waals surface area contributed by atoms with E-state index in [0.29, 0.717) is 30.9 Å². The number of nitrogens with one attached hydrogen (secondary N) is 2. The van der Waals surface area contributed by atoms with Crippen LogP contribution >= 0.6 is 0 Å². The first-order valence-electron chi connectivity index (χ1n) is 11.9. The SMILES string of the molecule is O=C(Cc1nc(CCNC[C@H](O)c2ccccc2)cn1Cc1c(F)ccc(F)c1F)Nc1ccccc1. The van der Waals surface area contributed by atoms with Gasteiger partial charge in [0.1, 0.15) is 11.6 Å². The number of imidazole rings is 1. The molecule has 0 saturated carbocycles. The lowest BCUT2D eigenvalue weighted by atomic mass is 10.1. The minimum atomic E-state index is -1.27. The third-order valence-corrected chi connectivity index (χ3v) is 5.83. The van der Waals surface area contributed by atoms with Crippen LogP contribution in [0.3, 0.4) is 0 Å². The number of carbonyl (C=O) groups excluding carboxylic acids is 1. The van der Waals surface area contributed by atoms with Crippen LogP contribution in [0, 0.1) is 17.5 Å². The Morgan fingerprint density at radius 2 is 1.62 bits per heavy atom. The van der Waals surface area contributed by atoms with Crippen molar-refractivity contribution in [2.75, 3.05) is 18.4 Å². The first-order valence-corrected chi connectivity index (χ1v) is 11.9. The van der Waals surface area contributed by atoms with Crippen LogP contribution in [0.5, 0.6) is 0 Å². The first-order chi connectivity index (χ1) is 17.9. The number of amides is 1. The zero-order valence-electron chi connectivity index (χ0n) is 20.0. The molecule has 4 rings (SSSR count). The van der Waals surface area contributed by atoms with E-state index in [2.05, 4.69) is 15.6 Å². The molecule has 0 aliphatic rings. The molecule has 1 atom stereocenters. The Morgan fingerprint density at radius 1 is 0.946 bits per heavy atom. The van der Waals surface area contributed by atoms with Crippen LogP contribution in [0.4, 0.5) is 18.9 Å². The highest BCUT2D eigenvalue weighted by molar-refractivity contribution is 5.91. The number of nitrogens with zero attached hydrogens (tertiary/aromatic N) is 2. The number of hydrogen-bond acceptors (Lipinski definition) is 4. The molecule has 0 bridgehead atoms. The van der Waals surface area contributed by atoms with E-state index in [-0.39, 0.29) is 24.7 Å². The minimum absolute atomic E-state index is 0.145. The summed E-state index contributed by atoms with van der Waals surface area (Å²) in [5.74, 6) is -3.37. The number of carbonyl (C=O) groups is 1. The molecule has 0 aliphatic carbocycles. The molecule has 0 aliphatic heterocycles. The summed E-state index contributed by atoms with van der Waals surface area (Å²) < 4.78 is 43.9. The zero-order valence-corrected chi connectivity index (χ0v) is 20.0. The van der Waals surface area contributed by atoms with E-state index >= 15 is 0 Å². The first kappa shape index (κ1) is 26.1. The van der Waals surface area contributed by atoms with Gasteiger partial charge in [-0.3, -0.25) is 4.79 Å². The van der Waals surface area contributed by atoms with Crippen molar-refractivity contribution in [2.24, 2.45) is 0 Å². The van der Waals surface area contributed by atoms with Crippen LogP contribution in [0.1, 0.15) is 28.7 Å². The Labute approximate surface area is 212 Å². The molecule has 0 fully saturated rings. The second-order valence-electron chi connectivity index (χ2n) is 8.57. The average molecular weight is 509 g/mol. The molecule has 0 saturated heterocycles. The maximum atomic E-state index is 14.3. The van der Waals surface area contributed by atoms with Crippen molar-refractivity contribution in [3.63, 3.8) is 0 Å². The monoisotopic (exact) mass is 508 g/mol. The number of aliphatic hydroxyl groups is 1. The van der Waals surface area contributed by atoms with Gasteiger partial charge in [-0.15, -0.1) is 0 Å². The van der Waals surface area contributed by atoms with Gasteiger partial charge in [0.25, 0.3) is 0 Å². The standard InChI is InChI=1S/C28H27F3N4O2/c29-23-11-12-24(30)28(31)22(23)18-35-17-21(13-14-32-16-25(36)19-7-3-1-4-8-19)33-26(35)15-27(37)34-20-9-5-2-6-10-20/h1-12,17,25,32,36H,13-16,18H2,(H,34,37)/t25-/m0/s1. The fourth-order valence-electron chi connectivity index (χ4n) is 3.91. The summed E-state index contributed by atoms with van der Waals surface area (Å²) in [6.45, 7) is 0.479. The molecule has 9 heteroatoms. The van der Waals surface area contributed by atoms with Gasteiger partial charge in [-0.25, -0.2) is 18.2 Å². The summed E-state index contributed by atoms with van der Waals surface area (Å²) in [7, 11) is 0. The van der Waals surface area contributed by atoms with Gasteiger partial charge in [0.05, 0.1) is 24.8 Å². The maximum Gasteiger partial charge on any atom is 0.231 e. The van der Waals surface area contributed by atoms with Crippen LogP contribution in [-0.2, 0) is 24.2 Å². The summed E-state index contributed by atoms with van der Waals surface area (Å²) in [5, 5.41) is 16.2. The maximum absolute atomic E-state index is 14.3. The van der Waals surface area contributed by atoms with Crippen LogP contribution < -0.4 is 10.6 Å². The van der Waals surface area contributed by atoms with Gasteiger partial charge in [-0.05, 0) is 29.8 Å². The van der Waals surface area contributed by atoms with Crippen molar-refractivity contribution >= 4 is 11.6 Å². The topological polar surface area (TPSA) is 79.2 Å². The molecule has 3 aromatic carbocycles. The number of para-hydroxylation sites is 1. The van der Waals surface area contributed by atoms with E-state index in [9.17, 15) is 23.1 Å². The number of hydrogen-bond donors (Lipinski definition) is 3. The smallest absolute Gasteiger partial charge is 0.231 e. The predicted molar refractivity (Wildman–Crippen MR) is 134 cm³/mol. The van der Waals surface area contributed by atoms with Gasteiger partial charge in [-0.2, -0.15) is 0 Å². The van der Waals surface area contributed by atoms with Gasteiger partial charge in [0, 0.05) is 37.0 Å². The van der Waals surface area contributed by atoms with E-state index in [1.54, 1.807) is 30.5 Å². The Kier molecular flexibility index (Phi) is 8.71. The molecule has 0 radical (unpaired) electrons. The quantitative estimate of drug-likeness (QED) is 0.207. The molecule has 192 valence electrons. The van der Waals surface area contributed by atoms with Crippen LogP contribution in [0.25, 0.3) is 0 Å². The Hall–Kier alpha value is -3.95. The third kappa shape index (κ3) is 7.05. The number of anilines is 1. The van der Waals surface area contributed by atoms with Gasteiger partial charge in [-0.1, -0.05) is 48.5 Å². The highest BCUT2D eigenvalue weighted by Crippen LogP contribution is 2.19. The van der Waals surface area contributed by atoms with Gasteiger partial charge >= 0.3 is 0 Å². The second kappa shape index (κ2) is 12.3. The van der Waals surface area contributed by atoms with E-state index in [1.165, 1.54) is 4.57 Å². The number of aromatic nitrogens is 2. The third-order valence-electron chi connectivity index (χ3n) is 5.83. The lowest BCUT2D eigenvalue weighted by molar-refractivity contribution is -0.115. The molecule has 1 amide bonds. The molecule has 0 spiro atoms. The van der Waals surface area contributed by atoms with Crippen molar-refractivity contribution in [2.45, 2.75) is 25.5 Å². The van der Waals surface area contributed by atoms with Crippen molar-refractivity contribution in [1.29, 1.82) is 0 Å². The van der Waals surface area contributed by atoms with Crippen molar-refractivity contribution < 1.29 is 23.1 Å². The summed E-state index contributed by atoms with van der Waals surface area (Å²) in [4.78, 5) is 17.1. The molecule has 1 aromatic heterocycles. The largest absolute Gasteiger partial charge is 0.387 e. The molecular weight excluding hydrogens is 481 g/mol. The second-order valence-corrected chi connectivity index (χ2v) is 8.57. The summed E-state index contributed by atoms with van der Waals surface area (Å²) in [5.41, 5.74) is 1.54. The summed E-state index contributed by atoms with van der Waals surface area (Å²) >= 11 is 0. The lowest BCUT2D eigenvalue weighted by Crippen LogP contribution is -2.23. The average Bonchev–Trinajstić information content (AvgIpc) is 3.28. The van der Waals surface area contributed by atoms with Gasteiger partial charge in [0.15, 0.2) is 11.6 Å². The number of benzene rings is 3. The molecular formula is C28H27F3N4O2. The summed E-state index contributed by atoms with van der Waals surface area (Å²) in [6.07, 6.45) is 1.23. The number of rotatable bonds is 11. The highest BCUT2D eigenvalue weighted by Gasteiger charge is 2.18. The highest BCUT2D eigenvalue weighted by atomic mass is 19.2. The number of halogens is 3. The Morgan fingerprint density at radius 3 is 2.35 bits per heavy atom. The van der Waals surface area contributed by atoms with Crippen LogP contribution in [-0.4, -0.2) is 33.7 Å². The normalized spacial score (nSPS) is 11.9. The lowest BCUT2D eigenvalue weighted by Gasteiger charge is -2.11. The molecule has 37 heavy (non-hydrogen) atoms. The van der Waals surface area contributed by atoms with Gasteiger partial charge in [0.2, 0.25) is 5.91 Å². The molecule has 3 N–H and O–H groups in total. The van der Waals surface area contributed by atoms with Crippen LogP contribution in [0.15, 0.2) is 79.0 Å². The van der Waals surface area contributed by atoms with E-state index in [1.807, 2.05) is 36.4 Å². The Balaban J connectivity index is 1.46. The van der Waals surface area contributed by atoms with Crippen LogP contribution in [0.2, 0.25) is 0 Å².